The smallest absolute Gasteiger partial charge is 0.0744 e. The Kier molecular flexibility index (Phi) is 5.56. The van der Waals surface area contributed by atoms with Gasteiger partial charge in [0.1, 0.15) is 0 Å². The molecule has 0 bridgehead atoms. The minimum atomic E-state index is 0.379. The van der Waals surface area contributed by atoms with Crippen LogP contribution >= 0.6 is 0 Å². The highest BCUT2D eigenvalue weighted by atomic mass is 14.9. The summed E-state index contributed by atoms with van der Waals surface area (Å²) in [5, 5.41) is 3.51. The van der Waals surface area contributed by atoms with Crippen LogP contribution in [0.25, 0.3) is 0 Å². The Morgan fingerprint density at radius 3 is 2.67 bits per heavy atom. The van der Waals surface area contributed by atoms with Crippen LogP contribution in [0, 0.1) is 5.92 Å². The van der Waals surface area contributed by atoms with Crippen molar-refractivity contribution in [3.63, 3.8) is 0 Å². The van der Waals surface area contributed by atoms with Crippen molar-refractivity contribution in [1.29, 1.82) is 0 Å². The summed E-state index contributed by atoms with van der Waals surface area (Å²) in [5.74, 6) is 0.379. The van der Waals surface area contributed by atoms with Gasteiger partial charge in [-0.2, -0.15) is 0 Å². The fraction of sp³-hybridized carbons (Fsp3) is 0.316. The molecule has 110 valence electrons. The Morgan fingerprint density at radius 1 is 1.14 bits per heavy atom. The molecule has 1 unspecified atom stereocenters. The largest absolute Gasteiger partial charge is 0.383 e. The van der Waals surface area contributed by atoms with Crippen LogP contribution in [0.1, 0.15) is 26.3 Å². The average Bonchev–Trinajstić information content (AvgIpc) is 2.93. The molecule has 1 aliphatic carbocycles. The zero-order chi connectivity index (χ0) is 15.1. The van der Waals surface area contributed by atoms with Gasteiger partial charge >= 0.3 is 0 Å². The van der Waals surface area contributed by atoms with Crippen LogP contribution in [0.4, 0.5) is 0 Å². The maximum atomic E-state index is 4.52. The van der Waals surface area contributed by atoms with E-state index in [0.717, 1.165) is 24.4 Å². The molecule has 0 radical (unpaired) electrons. The number of nitrogens with zero attached hydrogens (tertiary/aromatic N) is 1. The van der Waals surface area contributed by atoms with E-state index in [0.29, 0.717) is 5.92 Å². The fourth-order valence-electron chi connectivity index (χ4n) is 2.51. The van der Waals surface area contributed by atoms with Crippen molar-refractivity contribution in [2.75, 3.05) is 6.54 Å². The fourth-order valence-corrected chi connectivity index (χ4v) is 2.51. The summed E-state index contributed by atoms with van der Waals surface area (Å²) < 4.78 is 0. The van der Waals surface area contributed by atoms with Gasteiger partial charge in [-0.1, -0.05) is 56.3 Å². The van der Waals surface area contributed by atoms with Crippen LogP contribution in [0.5, 0.6) is 0 Å². The van der Waals surface area contributed by atoms with Gasteiger partial charge in [0.2, 0.25) is 0 Å². The summed E-state index contributed by atoms with van der Waals surface area (Å²) in [6, 6.07) is 10.6. The molecule has 0 saturated carbocycles. The van der Waals surface area contributed by atoms with Gasteiger partial charge < -0.3 is 5.32 Å². The molecule has 2 nitrogen and oxygen atoms in total. The second-order valence-electron chi connectivity index (χ2n) is 4.99. The van der Waals surface area contributed by atoms with Gasteiger partial charge in [-0.05, 0) is 30.6 Å². The summed E-state index contributed by atoms with van der Waals surface area (Å²) in [6.07, 6.45) is 9.46. The first-order valence-corrected chi connectivity index (χ1v) is 7.75. The van der Waals surface area contributed by atoms with Gasteiger partial charge in [0.25, 0.3) is 0 Å². The lowest BCUT2D eigenvalue weighted by Gasteiger charge is -2.19. The third kappa shape index (κ3) is 3.72. The van der Waals surface area contributed by atoms with Crippen molar-refractivity contribution in [1.82, 2.24) is 5.32 Å². The summed E-state index contributed by atoms with van der Waals surface area (Å²) in [7, 11) is 0. The SMILES string of the molecule is CC.CC1=CN=C2C(NCCc3ccccc3)=CC=CC12. The molecule has 1 aromatic rings. The number of rotatable bonds is 4. The molecule has 21 heavy (non-hydrogen) atoms. The maximum Gasteiger partial charge on any atom is 0.0744 e. The van der Waals surface area contributed by atoms with E-state index in [4.69, 9.17) is 0 Å². The van der Waals surface area contributed by atoms with E-state index in [-0.39, 0.29) is 0 Å². The highest BCUT2D eigenvalue weighted by molar-refractivity contribution is 6.07. The van der Waals surface area contributed by atoms with Crippen molar-refractivity contribution >= 4 is 5.71 Å². The summed E-state index contributed by atoms with van der Waals surface area (Å²) in [6.45, 7) is 7.08. The number of nitrogens with one attached hydrogen (secondary N) is 1. The molecular formula is C19H24N2. The number of fused-ring (bicyclic) bond motifs is 1. The molecule has 2 aliphatic rings. The molecule has 0 fully saturated rings. The van der Waals surface area contributed by atoms with E-state index in [1.54, 1.807) is 0 Å². The third-order valence-electron chi connectivity index (χ3n) is 3.61. The number of allylic oxidation sites excluding steroid dienone is 5. The van der Waals surface area contributed by atoms with E-state index < -0.39 is 0 Å². The number of aliphatic imine (C=N–C) groups is 1. The number of benzene rings is 1. The van der Waals surface area contributed by atoms with Crippen molar-refractivity contribution in [3.8, 4) is 0 Å². The summed E-state index contributed by atoms with van der Waals surface area (Å²) in [4.78, 5) is 4.52. The molecule has 1 heterocycles. The lowest BCUT2D eigenvalue weighted by molar-refractivity contribution is 0.803. The molecule has 0 saturated heterocycles. The zero-order valence-electron chi connectivity index (χ0n) is 13.1. The van der Waals surface area contributed by atoms with E-state index in [1.165, 1.54) is 11.1 Å². The summed E-state index contributed by atoms with van der Waals surface area (Å²) >= 11 is 0. The Morgan fingerprint density at radius 2 is 1.90 bits per heavy atom. The Labute approximate surface area is 128 Å². The van der Waals surface area contributed by atoms with Crippen LogP contribution < -0.4 is 5.32 Å². The quantitative estimate of drug-likeness (QED) is 0.875. The Bertz CT molecular complexity index is 577. The first kappa shape index (κ1) is 15.3. The van der Waals surface area contributed by atoms with Gasteiger partial charge in [-0.3, -0.25) is 4.99 Å². The molecule has 1 aliphatic heterocycles. The molecule has 1 atom stereocenters. The predicted octanol–water partition coefficient (Wildman–Crippen LogP) is 4.27. The Balaban J connectivity index is 0.000000774. The molecule has 0 spiro atoms. The minimum absolute atomic E-state index is 0.379. The van der Waals surface area contributed by atoms with E-state index >= 15 is 0 Å². The van der Waals surface area contributed by atoms with Gasteiger partial charge in [0, 0.05) is 18.7 Å². The molecule has 1 aromatic carbocycles. The van der Waals surface area contributed by atoms with Gasteiger partial charge in [-0.25, -0.2) is 0 Å². The molecule has 0 aromatic heterocycles. The molecule has 0 amide bonds. The second-order valence-corrected chi connectivity index (χ2v) is 4.99. The molecule has 2 heteroatoms. The topological polar surface area (TPSA) is 24.4 Å². The minimum Gasteiger partial charge on any atom is -0.383 e. The lowest BCUT2D eigenvalue weighted by atomic mass is 9.92. The number of hydrogen-bond donors (Lipinski definition) is 1. The number of hydrogen-bond acceptors (Lipinski definition) is 2. The van der Waals surface area contributed by atoms with E-state index in [9.17, 15) is 0 Å². The highest BCUT2D eigenvalue weighted by Crippen LogP contribution is 2.26. The van der Waals surface area contributed by atoms with Crippen LogP contribution in [-0.4, -0.2) is 12.3 Å². The van der Waals surface area contributed by atoms with Gasteiger partial charge in [0.05, 0.1) is 11.4 Å². The van der Waals surface area contributed by atoms with Crippen molar-refractivity contribution in [2.45, 2.75) is 27.2 Å². The monoisotopic (exact) mass is 280 g/mol. The maximum absolute atomic E-state index is 4.52. The Hall–Kier alpha value is -2.09. The first-order chi connectivity index (χ1) is 10.3. The molecular weight excluding hydrogens is 256 g/mol. The lowest BCUT2D eigenvalue weighted by Crippen LogP contribution is -2.27. The predicted molar refractivity (Wildman–Crippen MR) is 91.4 cm³/mol. The third-order valence-corrected chi connectivity index (χ3v) is 3.61. The van der Waals surface area contributed by atoms with Crippen LogP contribution in [-0.2, 0) is 6.42 Å². The van der Waals surface area contributed by atoms with Crippen molar-refractivity contribution in [2.24, 2.45) is 10.9 Å². The zero-order valence-corrected chi connectivity index (χ0v) is 13.1. The molecule has 1 N–H and O–H groups in total. The van der Waals surface area contributed by atoms with Crippen LogP contribution in [0.3, 0.4) is 0 Å². The van der Waals surface area contributed by atoms with Crippen LogP contribution in [0.2, 0.25) is 0 Å². The molecule has 3 rings (SSSR count). The van der Waals surface area contributed by atoms with Crippen LogP contribution in [0.15, 0.2) is 71.0 Å². The first-order valence-electron chi connectivity index (χ1n) is 7.75. The summed E-state index contributed by atoms with van der Waals surface area (Å²) in [5.41, 5.74) is 5.01. The average molecular weight is 280 g/mol. The van der Waals surface area contributed by atoms with E-state index in [2.05, 4.69) is 65.8 Å². The normalized spacial score (nSPS) is 18.8. The standard InChI is InChI=1S/C17H18N2.C2H6/c1-13-12-19-17-15(13)8-5-9-16(17)18-11-10-14-6-3-2-4-7-14;1-2/h2-9,12,15,18H,10-11H2,1H3;1-2H3. The van der Waals surface area contributed by atoms with Crippen molar-refractivity contribution in [3.05, 3.63) is 71.6 Å². The highest BCUT2D eigenvalue weighted by Gasteiger charge is 2.24. The van der Waals surface area contributed by atoms with Gasteiger partial charge in [-0.15, -0.1) is 0 Å². The second kappa shape index (κ2) is 7.63. The van der Waals surface area contributed by atoms with E-state index in [1.807, 2.05) is 20.0 Å². The van der Waals surface area contributed by atoms with Gasteiger partial charge in [0.15, 0.2) is 0 Å². The van der Waals surface area contributed by atoms with Crippen molar-refractivity contribution < 1.29 is 0 Å².